The SMILES string of the molecule is COc1ccc(Nc2nnc(C(=O)Nc3ccc(C4CCC(CC(=O)OC(=O)CC5CCC(c6ccc(NC(=O)c7nnc(Nc8c(F)cc(F)cc8F)o7)cc6)CC5)CC4)cc3)o2)cc1OC. The molecule has 2 amide bonds. The molecule has 2 saturated carbocycles. The van der Waals surface area contributed by atoms with Gasteiger partial charge in [-0.3, -0.25) is 19.2 Å². The molecule has 4 N–H and O–H groups in total. The van der Waals surface area contributed by atoms with Gasteiger partial charge in [-0.15, -0.1) is 10.2 Å². The summed E-state index contributed by atoms with van der Waals surface area (Å²) in [7, 11) is 3.06. The zero-order chi connectivity index (χ0) is 47.7. The van der Waals surface area contributed by atoms with Gasteiger partial charge in [0.2, 0.25) is 0 Å². The maximum Gasteiger partial charge on any atom is 0.320 e. The van der Waals surface area contributed by atoms with Gasteiger partial charge in [0, 0.05) is 48.1 Å². The number of esters is 2. The van der Waals surface area contributed by atoms with Gasteiger partial charge in [-0.2, -0.15) is 0 Å². The molecule has 17 nitrogen and oxygen atoms in total. The lowest BCUT2D eigenvalue weighted by Gasteiger charge is -2.29. The molecule has 2 aliphatic rings. The van der Waals surface area contributed by atoms with Crippen LogP contribution in [0.15, 0.2) is 87.7 Å². The molecule has 2 heterocycles. The van der Waals surface area contributed by atoms with Crippen molar-refractivity contribution in [3.8, 4) is 11.5 Å². The number of benzene rings is 4. The summed E-state index contributed by atoms with van der Waals surface area (Å²) in [5.74, 6) is -4.65. The molecular formula is C48H47F3N8O9. The molecule has 68 heavy (non-hydrogen) atoms. The predicted molar refractivity (Wildman–Crippen MR) is 240 cm³/mol. The molecule has 2 aliphatic carbocycles. The average Bonchev–Trinajstić information content (AvgIpc) is 4.02. The standard InChI is InChI=1S/C48H47F3N8O9/c1-64-38-20-19-35(25-39(38)65-2)54-47-58-56-45(67-47)43(62)52-33-15-11-30(12-16-33)28-7-3-26(4-8-28)21-40(60)66-41(61)22-27-5-9-29(10-6-27)31-13-17-34(18-14-31)53-44(63)46-57-59-48(68-46)55-42-36(50)23-32(49)24-37(42)51/h11-20,23-29H,3-10,21-22H2,1-2H3,(H,52,62)(H,53,63)(H,54,58)(H,55,59). The van der Waals surface area contributed by atoms with Crippen LogP contribution in [0.3, 0.4) is 0 Å². The van der Waals surface area contributed by atoms with Crippen LogP contribution in [0.1, 0.15) is 109 Å². The van der Waals surface area contributed by atoms with Gasteiger partial charge >= 0.3 is 47.6 Å². The molecule has 0 radical (unpaired) electrons. The van der Waals surface area contributed by atoms with Crippen molar-refractivity contribution in [2.45, 2.75) is 76.0 Å². The number of ether oxygens (including phenoxy) is 3. The van der Waals surface area contributed by atoms with Crippen molar-refractivity contribution in [1.29, 1.82) is 0 Å². The number of carbonyl (C=O) groups is 4. The lowest BCUT2D eigenvalue weighted by atomic mass is 9.77. The third-order valence-corrected chi connectivity index (χ3v) is 12.2. The van der Waals surface area contributed by atoms with Gasteiger partial charge < -0.3 is 44.3 Å². The number of carbonyl (C=O) groups excluding carboxylic acids is 4. The molecule has 354 valence electrons. The van der Waals surface area contributed by atoms with Crippen LogP contribution in [0.4, 0.5) is 48.0 Å². The number of nitrogens with one attached hydrogen (secondary N) is 4. The molecule has 4 aromatic carbocycles. The lowest BCUT2D eigenvalue weighted by molar-refractivity contribution is -0.161. The van der Waals surface area contributed by atoms with Crippen LogP contribution in [0.2, 0.25) is 0 Å². The van der Waals surface area contributed by atoms with Gasteiger partial charge in [-0.1, -0.05) is 34.5 Å². The van der Waals surface area contributed by atoms with E-state index < -0.39 is 58.8 Å². The molecule has 2 aromatic heterocycles. The minimum atomic E-state index is -1.22. The Kier molecular flexibility index (Phi) is 14.6. The molecule has 0 unspecified atom stereocenters. The first kappa shape index (κ1) is 46.7. The number of anilines is 6. The summed E-state index contributed by atoms with van der Waals surface area (Å²) in [6.07, 6.45) is 7.05. The van der Waals surface area contributed by atoms with Gasteiger partial charge in [-0.25, -0.2) is 13.2 Å². The van der Waals surface area contributed by atoms with E-state index >= 15 is 0 Å². The Morgan fingerprint density at radius 2 is 1.00 bits per heavy atom. The van der Waals surface area contributed by atoms with Crippen molar-refractivity contribution in [3.05, 3.63) is 119 Å². The fraction of sp³-hybridized carbons (Fsp3) is 0.333. The van der Waals surface area contributed by atoms with Gasteiger partial charge in [0.25, 0.3) is 0 Å². The number of rotatable bonds is 16. The quantitative estimate of drug-likeness (QED) is 0.0524. The van der Waals surface area contributed by atoms with Crippen LogP contribution in [0.5, 0.6) is 11.5 Å². The molecule has 0 aliphatic heterocycles. The minimum absolute atomic E-state index is 0.0320. The average molecular weight is 937 g/mol. The molecule has 6 aromatic rings. The Balaban J connectivity index is 0.709. The molecule has 0 spiro atoms. The molecule has 0 saturated heterocycles. The van der Waals surface area contributed by atoms with Gasteiger partial charge in [0.05, 0.1) is 14.2 Å². The summed E-state index contributed by atoms with van der Waals surface area (Å²) >= 11 is 0. The van der Waals surface area contributed by atoms with Crippen LogP contribution in [-0.2, 0) is 14.3 Å². The van der Waals surface area contributed by atoms with Gasteiger partial charge in [0.15, 0.2) is 23.1 Å². The highest BCUT2D eigenvalue weighted by Gasteiger charge is 2.29. The monoisotopic (exact) mass is 936 g/mol. The molecular weight excluding hydrogens is 890 g/mol. The highest BCUT2D eigenvalue weighted by atomic mass is 19.1. The summed E-state index contributed by atoms with van der Waals surface area (Å²) in [4.78, 5) is 51.1. The van der Waals surface area contributed by atoms with Crippen molar-refractivity contribution in [2.75, 3.05) is 35.5 Å². The van der Waals surface area contributed by atoms with Gasteiger partial charge in [-0.05, 0) is 123 Å². The van der Waals surface area contributed by atoms with E-state index in [0.29, 0.717) is 46.6 Å². The maximum absolute atomic E-state index is 14.0. The van der Waals surface area contributed by atoms with E-state index in [9.17, 15) is 32.3 Å². The van der Waals surface area contributed by atoms with Crippen molar-refractivity contribution < 1.29 is 55.4 Å². The lowest BCUT2D eigenvalue weighted by Crippen LogP contribution is -2.22. The molecule has 8 rings (SSSR count). The Hall–Kier alpha value is -7.77. The Labute approximate surface area is 387 Å². The number of halogens is 3. The Bertz CT molecular complexity index is 2730. The number of hydrogen-bond acceptors (Lipinski definition) is 15. The normalized spacial score (nSPS) is 18.0. The van der Waals surface area contributed by atoms with Crippen molar-refractivity contribution >= 4 is 58.5 Å². The van der Waals surface area contributed by atoms with E-state index in [0.717, 1.165) is 62.5 Å². The van der Waals surface area contributed by atoms with Gasteiger partial charge in [0.1, 0.15) is 11.5 Å². The number of aromatic nitrogens is 4. The summed E-state index contributed by atoms with van der Waals surface area (Å²) in [6.45, 7) is 0. The summed E-state index contributed by atoms with van der Waals surface area (Å²) in [5, 5.41) is 25.5. The molecule has 0 atom stereocenters. The van der Waals surface area contributed by atoms with Crippen LogP contribution in [-0.4, -0.2) is 58.4 Å². The maximum atomic E-state index is 14.0. The van der Waals surface area contributed by atoms with E-state index in [1.54, 1.807) is 30.3 Å². The largest absolute Gasteiger partial charge is 0.493 e. The number of amides is 2. The zero-order valence-electron chi connectivity index (χ0n) is 37.0. The first-order valence-electron chi connectivity index (χ1n) is 22.0. The van der Waals surface area contributed by atoms with Crippen LogP contribution < -0.4 is 30.7 Å². The van der Waals surface area contributed by atoms with Crippen LogP contribution >= 0.6 is 0 Å². The van der Waals surface area contributed by atoms with Crippen molar-refractivity contribution in [1.82, 2.24) is 20.4 Å². The smallest absolute Gasteiger partial charge is 0.320 e. The molecule has 2 fully saturated rings. The topological polar surface area (TPSA) is 222 Å². The van der Waals surface area contributed by atoms with Crippen molar-refractivity contribution in [3.63, 3.8) is 0 Å². The van der Waals surface area contributed by atoms with Crippen LogP contribution in [0, 0.1) is 29.3 Å². The number of hydrogen-bond donors (Lipinski definition) is 4. The van der Waals surface area contributed by atoms with E-state index in [1.165, 1.54) is 14.2 Å². The second-order valence-electron chi connectivity index (χ2n) is 16.7. The van der Waals surface area contributed by atoms with Crippen molar-refractivity contribution in [2.24, 2.45) is 11.8 Å². The van der Waals surface area contributed by atoms with E-state index in [1.807, 2.05) is 36.4 Å². The third-order valence-electron chi connectivity index (χ3n) is 12.2. The second-order valence-corrected chi connectivity index (χ2v) is 16.7. The Morgan fingerprint density at radius 3 is 1.46 bits per heavy atom. The first-order valence-corrected chi connectivity index (χ1v) is 22.0. The molecule has 0 bridgehead atoms. The van der Waals surface area contributed by atoms with E-state index in [-0.39, 0.29) is 42.5 Å². The predicted octanol–water partition coefficient (Wildman–Crippen LogP) is 9.98. The van der Waals surface area contributed by atoms with Crippen LogP contribution in [0.25, 0.3) is 0 Å². The number of methoxy groups -OCH3 is 2. The molecule has 20 heteroatoms. The second kappa shape index (κ2) is 21.2. The third kappa shape index (κ3) is 11.8. The highest BCUT2D eigenvalue weighted by Crippen LogP contribution is 2.39. The summed E-state index contributed by atoms with van der Waals surface area (Å²) < 4.78 is 67.7. The van der Waals surface area contributed by atoms with E-state index in [2.05, 4.69) is 41.7 Å². The van der Waals surface area contributed by atoms with E-state index in [4.69, 9.17) is 23.0 Å². The zero-order valence-corrected chi connectivity index (χ0v) is 37.0. The number of nitrogens with zero attached hydrogens (tertiary/aromatic N) is 4. The minimum Gasteiger partial charge on any atom is -0.493 e. The fourth-order valence-electron chi connectivity index (χ4n) is 8.66. The first-order chi connectivity index (χ1) is 32.9. The fourth-order valence-corrected chi connectivity index (χ4v) is 8.66. The summed E-state index contributed by atoms with van der Waals surface area (Å²) in [6, 6.07) is 20.5. The summed E-state index contributed by atoms with van der Waals surface area (Å²) in [5.41, 5.74) is 3.11. The highest BCUT2D eigenvalue weighted by molar-refractivity contribution is 6.01. The Morgan fingerprint density at radius 1 is 0.559 bits per heavy atom.